The number of pyridine rings is 1. The van der Waals surface area contributed by atoms with Gasteiger partial charge >= 0.3 is 0 Å². The third kappa shape index (κ3) is 1.33. The van der Waals surface area contributed by atoms with Crippen LogP contribution in [0.3, 0.4) is 0 Å². The third-order valence-corrected chi connectivity index (χ3v) is 2.95. The van der Waals surface area contributed by atoms with Gasteiger partial charge < -0.3 is 5.32 Å². The van der Waals surface area contributed by atoms with Gasteiger partial charge in [0.1, 0.15) is 5.82 Å². The Morgan fingerprint density at radius 3 is 3.25 bits per heavy atom. The zero-order valence-electron chi connectivity index (χ0n) is 7.02. The minimum atomic E-state index is 1.06. The SMILES string of the molecule is Cc1nc2c(cc1Br)CCCN2. The maximum absolute atomic E-state index is 4.46. The summed E-state index contributed by atoms with van der Waals surface area (Å²) in [5.74, 6) is 1.07. The van der Waals surface area contributed by atoms with E-state index in [1.54, 1.807) is 0 Å². The van der Waals surface area contributed by atoms with Crippen LogP contribution in [0.5, 0.6) is 0 Å². The highest BCUT2D eigenvalue weighted by Crippen LogP contribution is 2.25. The van der Waals surface area contributed by atoms with E-state index in [1.165, 1.54) is 12.0 Å². The Bertz CT molecular complexity index is 279. The molecule has 1 aromatic heterocycles. The van der Waals surface area contributed by atoms with E-state index in [0.29, 0.717) is 0 Å². The van der Waals surface area contributed by atoms with E-state index < -0.39 is 0 Å². The van der Waals surface area contributed by atoms with E-state index >= 15 is 0 Å². The molecule has 0 saturated heterocycles. The molecule has 0 spiro atoms. The van der Waals surface area contributed by atoms with Crippen molar-refractivity contribution in [2.45, 2.75) is 19.8 Å². The molecule has 64 valence electrons. The van der Waals surface area contributed by atoms with Gasteiger partial charge in [-0.1, -0.05) is 0 Å². The number of rotatable bonds is 0. The van der Waals surface area contributed by atoms with Gasteiger partial charge in [0.25, 0.3) is 0 Å². The fourth-order valence-electron chi connectivity index (χ4n) is 1.45. The number of halogens is 1. The van der Waals surface area contributed by atoms with Gasteiger partial charge in [0.2, 0.25) is 0 Å². The number of nitrogens with one attached hydrogen (secondary N) is 1. The molecule has 0 aromatic carbocycles. The number of fused-ring (bicyclic) bond motifs is 1. The van der Waals surface area contributed by atoms with Crippen molar-refractivity contribution in [2.24, 2.45) is 0 Å². The first-order valence-electron chi connectivity index (χ1n) is 4.17. The van der Waals surface area contributed by atoms with Gasteiger partial charge in [0, 0.05) is 11.0 Å². The molecule has 1 aliphatic rings. The molecule has 0 aliphatic carbocycles. The molecular formula is C9H11BrN2. The predicted molar refractivity (Wildman–Crippen MR) is 53.5 cm³/mol. The lowest BCUT2D eigenvalue weighted by Crippen LogP contribution is -2.13. The second-order valence-electron chi connectivity index (χ2n) is 3.09. The molecule has 3 heteroatoms. The predicted octanol–water partition coefficient (Wildman–Crippen LogP) is 2.51. The number of nitrogens with zero attached hydrogens (tertiary/aromatic N) is 1. The van der Waals surface area contributed by atoms with Crippen LogP contribution in [0.1, 0.15) is 17.7 Å². The fourth-order valence-corrected chi connectivity index (χ4v) is 1.81. The monoisotopic (exact) mass is 226 g/mol. The van der Waals surface area contributed by atoms with Crippen LogP contribution in [0.25, 0.3) is 0 Å². The standard InChI is InChI=1S/C9H11BrN2/c1-6-8(10)5-7-3-2-4-11-9(7)12-6/h5H,2-4H2,1H3,(H,11,12). The molecule has 0 saturated carbocycles. The first kappa shape index (κ1) is 8.05. The van der Waals surface area contributed by atoms with Crippen molar-refractivity contribution in [3.8, 4) is 0 Å². The Hall–Kier alpha value is -0.570. The second kappa shape index (κ2) is 3.05. The van der Waals surface area contributed by atoms with Gasteiger partial charge in [-0.2, -0.15) is 0 Å². The summed E-state index contributed by atoms with van der Waals surface area (Å²) in [4.78, 5) is 4.46. The molecule has 2 nitrogen and oxygen atoms in total. The number of aryl methyl sites for hydroxylation is 2. The molecule has 2 rings (SSSR count). The summed E-state index contributed by atoms with van der Waals surface area (Å²) < 4.78 is 1.12. The van der Waals surface area contributed by atoms with Gasteiger partial charge in [0.15, 0.2) is 0 Å². The van der Waals surface area contributed by atoms with Crippen molar-refractivity contribution < 1.29 is 0 Å². The van der Waals surface area contributed by atoms with E-state index in [0.717, 1.165) is 29.0 Å². The van der Waals surface area contributed by atoms with Crippen LogP contribution in [0, 0.1) is 6.92 Å². The molecule has 0 fully saturated rings. The van der Waals surface area contributed by atoms with Crippen molar-refractivity contribution in [2.75, 3.05) is 11.9 Å². The van der Waals surface area contributed by atoms with Crippen molar-refractivity contribution in [1.82, 2.24) is 4.98 Å². The Morgan fingerprint density at radius 2 is 2.42 bits per heavy atom. The summed E-state index contributed by atoms with van der Waals surface area (Å²) in [6.07, 6.45) is 2.36. The lowest BCUT2D eigenvalue weighted by molar-refractivity contribution is 0.813. The summed E-state index contributed by atoms with van der Waals surface area (Å²) in [6, 6.07) is 2.17. The number of anilines is 1. The zero-order chi connectivity index (χ0) is 8.55. The number of hydrogen-bond acceptors (Lipinski definition) is 2. The number of aromatic nitrogens is 1. The quantitative estimate of drug-likeness (QED) is 0.736. The lowest BCUT2D eigenvalue weighted by atomic mass is 10.1. The molecular weight excluding hydrogens is 216 g/mol. The minimum Gasteiger partial charge on any atom is -0.370 e. The van der Waals surface area contributed by atoms with Crippen molar-refractivity contribution in [1.29, 1.82) is 0 Å². The third-order valence-electron chi connectivity index (χ3n) is 2.15. The van der Waals surface area contributed by atoms with Crippen LogP contribution < -0.4 is 5.32 Å². The minimum absolute atomic E-state index is 1.06. The van der Waals surface area contributed by atoms with Gasteiger partial charge in [-0.3, -0.25) is 0 Å². The van der Waals surface area contributed by atoms with Crippen LogP contribution in [-0.2, 0) is 6.42 Å². The van der Waals surface area contributed by atoms with Gasteiger partial charge in [-0.05, 0) is 47.3 Å². The molecule has 1 N–H and O–H groups in total. The van der Waals surface area contributed by atoms with Crippen molar-refractivity contribution >= 4 is 21.7 Å². The highest BCUT2D eigenvalue weighted by Gasteiger charge is 2.10. The molecule has 0 radical (unpaired) electrons. The first-order valence-corrected chi connectivity index (χ1v) is 4.96. The fraction of sp³-hybridized carbons (Fsp3) is 0.444. The zero-order valence-corrected chi connectivity index (χ0v) is 8.61. The maximum atomic E-state index is 4.46. The van der Waals surface area contributed by atoms with Crippen LogP contribution in [-0.4, -0.2) is 11.5 Å². The molecule has 0 amide bonds. The smallest absolute Gasteiger partial charge is 0.129 e. The van der Waals surface area contributed by atoms with Crippen LogP contribution in [0.4, 0.5) is 5.82 Å². The Kier molecular flexibility index (Phi) is 2.05. The summed E-state index contributed by atoms with van der Waals surface area (Å²) in [5, 5.41) is 3.30. The largest absolute Gasteiger partial charge is 0.370 e. The maximum Gasteiger partial charge on any atom is 0.129 e. The molecule has 12 heavy (non-hydrogen) atoms. The first-order chi connectivity index (χ1) is 5.77. The van der Waals surface area contributed by atoms with E-state index in [9.17, 15) is 0 Å². The summed E-state index contributed by atoms with van der Waals surface area (Å²) in [5.41, 5.74) is 2.39. The molecule has 0 unspecified atom stereocenters. The molecule has 1 aromatic rings. The number of hydrogen-bond donors (Lipinski definition) is 1. The molecule has 0 bridgehead atoms. The Labute approximate surface area is 80.5 Å². The normalized spacial score (nSPS) is 15.2. The summed E-state index contributed by atoms with van der Waals surface area (Å²) in [6.45, 7) is 3.07. The topological polar surface area (TPSA) is 24.9 Å². The van der Waals surface area contributed by atoms with E-state index in [1.807, 2.05) is 6.92 Å². The van der Waals surface area contributed by atoms with Crippen molar-refractivity contribution in [3.63, 3.8) is 0 Å². The van der Waals surface area contributed by atoms with Crippen molar-refractivity contribution in [3.05, 3.63) is 21.8 Å². The van der Waals surface area contributed by atoms with Crippen LogP contribution in [0.15, 0.2) is 10.5 Å². The summed E-state index contributed by atoms with van der Waals surface area (Å²) in [7, 11) is 0. The van der Waals surface area contributed by atoms with Gasteiger partial charge in [0.05, 0.1) is 5.69 Å². The molecule has 0 atom stereocenters. The highest BCUT2D eigenvalue weighted by atomic mass is 79.9. The average Bonchev–Trinajstić information content (AvgIpc) is 2.07. The Morgan fingerprint density at radius 1 is 1.58 bits per heavy atom. The van der Waals surface area contributed by atoms with E-state index in [-0.39, 0.29) is 0 Å². The molecule has 2 heterocycles. The molecule has 1 aliphatic heterocycles. The Balaban J connectivity index is 2.49. The van der Waals surface area contributed by atoms with Crippen LogP contribution in [0.2, 0.25) is 0 Å². The van der Waals surface area contributed by atoms with Gasteiger partial charge in [-0.15, -0.1) is 0 Å². The summed E-state index contributed by atoms with van der Waals surface area (Å²) >= 11 is 3.48. The van der Waals surface area contributed by atoms with E-state index in [2.05, 4.69) is 32.3 Å². The van der Waals surface area contributed by atoms with Crippen LogP contribution >= 0.6 is 15.9 Å². The highest BCUT2D eigenvalue weighted by molar-refractivity contribution is 9.10. The lowest BCUT2D eigenvalue weighted by Gasteiger charge is -2.17. The average molecular weight is 227 g/mol. The second-order valence-corrected chi connectivity index (χ2v) is 3.95. The van der Waals surface area contributed by atoms with Gasteiger partial charge in [-0.25, -0.2) is 4.98 Å². The van der Waals surface area contributed by atoms with E-state index in [4.69, 9.17) is 0 Å².